The van der Waals surface area contributed by atoms with Crippen molar-refractivity contribution >= 4 is 17.9 Å². The van der Waals surface area contributed by atoms with Crippen LogP contribution in [0.25, 0.3) is 0 Å². The number of aromatic nitrogens is 2. The molecule has 8 heteroatoms. The van der Waals surface area contributed by atoms with Gasteiger partial charge in [-0.05, 0) is 24.5 Å². The highest BCUT2D eigenvalue weighted by Crippen LogP contribution is 2.35. The van der Waals surface area contributed by atoms with E-state index >= 15 is 0 Å². The number of carbonyl (C=O) groups excluding carboxylic acids is 1. The van der Waals surface area contributed by atoms with Gasteiger partial charge in [-0.15, -0.1) is 0 Å². The molecule has 1 heterocycles. The van der Waals surface area contributed by atoms with Crippen molar-refractivity contribution in [3.63, 3.8) is 0 Å². The van der Waals surface area contributed by atoms with Gasteiger partial charge in [0.05, 0.1) is 12.3 Å². The van der Waals surface area contributed by atoms with Gasteiger partial charge in [0, 0.05) is 24.4 Å². The Morgan fingerprint density at radius 2 is 1.96 bits per heavy atom. The first kappa shape index (κ1) is 19.2. The second-order valence-corrected chi connectivity index (χ2v) is 6.97. The molecule has 0 saturated heterocycles. The highest BCUT2D eigenvalue weighted by atomic mass is 32.2. The average Bonchev–Trinajstić information content (AvgIpc) is 2.80. The quantitative estimate of drug-likeness (QED) is 0.749. The van der Waals surface area contributed by atoms with Crippen LogP contribution in [0.4, 0.5) is 13.6 Å². The number of primary amides is 1. The predicted molar refractivity (Wildman–Crippen MR) is 91.6 cm³/mol. The van der Waals surface area contributed by atoms with Gasteiger partial charge in [-0.25, -0.2) is 18.6 Å². The largest absolute Gasteiger partial charge is 0.450 e. The van der Waals surface area contributed by atoms with Crippen LogP contribution >= 0.6 is 11.8 Å². The summed E-state index contributed by atoms with van der Waals surface area (Å²) in [5.41, 5.74) is 5.80. The Kier molecular flexibility index (Phi) is 6.41. The Morgan fingerprint density at radius 1 is 1.32 bits per heavy atom. The molecule has 0 radical (unpaired) electrons. The second-order valence-electron chi connectivity index (χ2n) is 5.91. The summed E-state index contributed by atoms with van der Waals surface area (Å²) in [6, 6.07) is 3.44. The maximum Gasteiger partial charge on any atom is 0.404 e. The number of benzene rings is 1. The van der Waals surface area contributed by atoms with Crippen LogP contribution < -0.4 is 5.73 Å². The summed E-state index contributed by atoms with van der Waals surface area (Å²) in [6.45, 7) is 4.24. The second kappa shape index (κ2) is 8.33. The van der Waals surface area contributed by atoms with Crippen LogP contribution in [0.15, 0.2) is 28.1 Å². The minimum atomic E-state index is -0.799. The summed E-state index contributed by atoms with van der Waals surface area (Å²) in [4.78, 5) is 15.7. The number of halogens is 2. The number of ether oxygens (including phenoxy) is 1. The van der Waals surface area contributed by atoms with Crippen LogP contribution in [0.5, 0.6) is 0 Å². The van der Waals surface area contributed by atoms with E-state index in [1.165, 1.54) is 23.9 Å². The van der Waals surface area contributed by atoms with Gasteiger partial charge in [0.2, 0.25) is 0 Å². The average molecular weight is 369 g/mol. The van der Waals surface area contributed by atoms with Crippen LogP contribution in [0.3, 0.4) is 0 Å². The lowest BCUT2D eigenvalue weighted by molar-refractivity contribution is 0.155. The van der Waals surface area contributed by atoms with Crippen LogP contribution in [0.2, 0.25) is 0 Å². The van der Waals surface area contributed by atoms with Crippen molar-refractivity contribution in [1.29, 1.82) is 0 Å². The van der Waals surface area contributed by atoms with Gasteiger partial charge in [0.25, 0.3) is 0 Å². The van der Waals surface area contributed by atoms with Crippen molar-refractivity contribution in [3.05, 3.63) is 41.4 Å². The monoisotopic (exact) mass is 369 g/mol. The van der Waals surface area contributed by atoms with Crippen molar-refractivity contribution in [3.8, 4) is 0 Å². The first-order chi connectivity index (χ1) is 11.8. The van der Waals surface area contributed by atoms with E-state index < -0.39 is 17.7 Å². The highest BCUT2D eigenvalue weighted by molar-refractivity contribution is 7.99. The van der Waals surface area contributed by atoms with Gasteiger partial charge in [0.1, 0.15) is 22.5 Å². The molecular formula is C17H21F2N3O2S. The fraction of sp³-hybridized carbons (Fsp3) is 0.412. The summed E-state index contributed by atoms with van der Waals surface area (Å²) >= 11 is 1.28. The van der Waals surface area contributed by atoms with Crippen molar-refractivity contribution in [2.24, 2.45) is 12.8 Å². The Morgan fingerprint density at radius 3 is 2.52 bits per heavy atom. The molecule has 0 saturated carbocycles. The molecule has 0 bridgehead atoms. The van der Waals surface area contributed by atoms with Crippen LogP contribution in [-0.4, -0.2) is 22.3 Å². The molecule has 136 valence electrons. The molecule has 0 atom stereocenters. The maximum absolute atomic E-state index is 13.4. The predicted octanol–water partition coefficient (Wildman–Crippen LogP) is 4.00. The van der Waals surface area contributed by atoms with Crippen molar-refractivity contribution < 1.29 is 18.3 Å². The van der Waals surface area contributed by atoms with Gasteiger partial charge >= 0.3 is 6.09 Å². The SMILES string of the molecule is CC(C)c1nc(CCCOC(N)=O)n(C)c1Sc1cc(F)cc(F)c1. The van der Waals surface area contributed by atoms with Gasteiger partial charge in [0.15, 0.2) is 0 Å². The van der Waals surface area contributed by atoms with Crippen LogP contribution in [0, 0.1) is 11.6 Å². The van der Waals surface area contributed by atoms with Gasteiger partial charge < -0.3 is 15.0 Å². The molecule has 2 aromatic rings. The zero-order valence-electron chi connectivity index (χ0n) is 14.4. The lowest BCUT2D eigenvalue weighted by Gasteiger charge is -2.09. The molecule has 1 aromatic carbocycles. The molecule has 0 aliphatic heterocycles. The molecule has 0 aliphatic rings. The molecule has 2 rings (SSSR count). The highest BCUT2D eigenvalue weighted by Gasteiger charge is 2.19. The Labute approximate surface area is 149 Å². The Bertz CT molecular complexity index is 742. The number of hydrogen-bond acceptors (Lipinski definition) is 4. The maximum atomic E-state index is 13.4. The van der Waals surface area contributed by atoms with E-state index in [4.69, 9.17) is 10.5 Å². The molecule has 0 spiro atoms. The van der Waals surface area contributed by atoms with Gasteiger partial charge in [-0.1, -0.05) is 25.6 Å². The topological polar surface area (TPSA) is 70.1 Å². The third kappa shape index (κ3) is 5.19. The molecule has 0 aliphatic carbocycles. The van der Waals surface area contributed by atoms with E-state index in [1.54, 1.807) is 0 Å². The van der Waals surface area contributed by atoms with Crippen molar-refractivity contribution in [2.45, 2.75) is 42.5 Å². The summed E-state index contributed by atoms with van der Waals surface area (Å²) in [5.74, 6) is -0.252. The van der Waals surface area contributed by atoms with E-state index in [1.807, 2.05) is 25.5 Å². The molecule has 1 amide bonds. The summed E-state index contributed by atoms with van der Waals surface area (Å²) in [6.07, 6.45) is 0.387. The molecule has 1 aromatic heterocycles. The third-order valence-electron chi connectivity index (χ3n) is 3.55. The minimum Gasteiger partial charge on any atom is -0.450 e. The zero-order valence-corrected chi connectivity index (χ0v) is 15.2. The molecule has 5 nitrogen and oxygen atoms in total. The van der Waals surface area contributed by atoms with Gasteiger partial charge in [-0.2, -0.15) is 0 Å². The molecule has 0 fully saturated rings. The van der Waals surface area contributed by atoms with E-state index in [9.17, 15) is 13.6 Å². The van der Waals surface area contributed by atoms with E-state index in [-0.39, 0.29) is 12.5 Å². The van der Waals surface area contributed by atoms with E-state index in [0.717, 1.165) is 22.6 Å². The summed E-state index contributed by atoms with van der Waals surface area (Å²) in [5, 5.41) is 0.839. The van der Waals surface area contributed by atoms with Gasteiger partial charge in [-0.3, -0.25) is 0 Å². The number of imidazole rings is 1. The fourth-order valence-corrected chi connectivity index (χ4v) is 3.57. The fourth-order valence-electron chi connectivity index (χ4n) is 2.37. The summed E-state index contributed by atoms with van der Waals surface area (Å²) < 4.78 is 33.5. The number of amides is 1. The number of rotatable bonds is 7. The van der Waals surface area contributed by atoms with Crippen LogP contribution in [0.1, 0.15) is 37.7 Å². The number of nitrogens with two attached hydrogens (primary N) is 1. The molecule has 25 heavy (non-hydrogen) atoms. The first-order valence-electron chi connectivity index (χ1n) is 7.89. The lowest BCUT2D eigenvalue weighted by atomic mass is 10.1. The number of nitrogens with zero attached hydrogens (tertiary/aromatic N) is 2. The van der Waals surface area contributed by atoms with Crippen LogP contribution in [-0.2, 0) is 18.2 Å². The van der Waals surface area contributed by atoms with E-state index in [2.05, 4.69) is 4.98 Å². The normalized spacial score (nSPS) is 11.1. The molecular weight excluding hydrogens is 348 g/mol. The Balaban J connectivity index is 2.22. The number of aryl methyl sites for hydroxylation is 1. The summed E-state index contributed by atoms with van der Waals surface area (Å²) in [7, 11) is 1.86. The smallest absolute Gasteiger partial charge is 0.404 e. The molecule has 0 unspecified atom stereocenters. The zero-order chi connectivity index (χ0) is 18.6. The first-order valence-corrected chi connectivity index (χ1v) is 8.71. The third-order valence-corrected chi connectivity index (χ3v) is 4.69. The standard InChI is InChI=1S/C17H21F2N3O2S/c1-10(2)15-16(25-13-8-11(18)7-12(19)9-13)22(3)14(21-15)5-4-6-24-17(20)23/h7-10H,4-6H2,1-3H3,(H2,20,23). The Hall–Kier alpha value is -2.09. The van der Waals surface area contributed by atoms with Crippen molar-refractivity contribution in [1.82, 2.24) is 9.55 Å². The minimum absolute atomic E-state index is 0.155. The molecule has 2 N–H and O–H groups in total. The van der Waals surface area contributed by atoms with Crippen molar-refractivity contribution in [2.75, 3.05) is 6.61 Å². The number of carbonyl (C=O) groups is 1. The number of hydrogen-bond donors (Lipinski definition) is 1. The van der Waals surface area contributed by atoms with E-state index in [0.29, 0.717) is 17.7 Å². The lowest BCUT2D eigenvalue weighted by Crippen LogP contribution is -2.14.